The number of benzene rings is 1. The number of rotatable bonds is 3. The minimum absolute atomic E-state index is 0.189. The summed E-state index contributed by atoms with van der Waals surface area (Å²) >= 11 is 12.2. The lowest BCUT2D eigenvalue weighted by Crippen LogP contribution is -2.54. The molecule has 1 aliphatic heterocycles. The highest BCUT2D eigenvalue weighted by Crippen LogP contribution is 2.27. The maximum absolute atomic E-state index is 12.5. The normalized spacial score (nSPS) is 18.8. The van der Waals surface area contributed by atoms with E-state index < -0.39 is 0 Å². The van der Waals surface area contributed by atoms with Crippen LogP contribution in [0.4, 0.5) is 0 Å². The van der Waals surface area contributed by atoms with Gasteiger partial charge < -0.3 is 10.2 Å². The van der Waals surface area contributed by atoms with E-state index >= 15 is 0 Å². The average Bonchev–Trinajstić information content (AvgIpc) is 2.38. The van der Waals surface area contributed by atoms with Gasteiger partial charge in [0.2, 0.25) is 0 Å². The maximum atomic E-state index is 12.5. The van der Waals surface area contributed by atoms with Crippen molar-refractivity contribution in [2.45, 2.75) is 45.2 Å². The predicted molar refractivity (Wildman–Crippen MR) is 88.3 cm³/mol. The van der Waals surface area contributed by atoms with Gasteiger partial charge in [-0.1, -0.05) is 29.3 Å². The third-order valence-corrected chi connectivity index (χ3v) is 4.87. The second kappa shape index (κ2) is 6.55. The van der Waals surface area contributed by atoms with E-state index in [2.05, 4.69) is 31.0 Å². The Morgan fingerprint density at radius 2 is 1.76 bits per heavy atom. The Bertz CT molecular complexity index is 503. The van der Waals surface area contributed by atoms with Crippen molar-refractivity contribution < 1.29 is 4.79 Å². The van der Waals surface area contributed by atoms with Crippen molar-refractivity contribution in [1.82, 2.24) is 10.2 Å². The van der Waals surface area contributed by atoms with E-state index in [4.69, 9.17) is 23.2 Å². The Balaban J connectivity index is 2.06. The van der Waals surface area contributed by atoms with E-state index in [0.717, 1.165) is 25.9 Å². The molecule has 1 heterocycles. The van der Waals surface area contributed by atoms with Crippen molar-refractivity contribution in [1.29, 1.82) is 0 Å². The fraction of sp³-hybridized carbons (Fsp3) is 0.562. The van der Waals surface area contributed by atoms with Gasteiger partial charge in [-0.25, -0.2) is 0 Å². The SMILES string of the molecule is CC(C)N1CCC(C)(NC(=O)c2c(Cl)cccc2Cl)CC1. The van der Waals surface area contributed by atoms with E-state index in [1.165, 1.54) is 0 Å². The number of nitrogens with one attached hydrogen (secondary N) is 1. The van der Waals surface area contributed by atoms with E-state index in [9.17, 15) is 4.79 Å². The maximum Gasteiger partial charge on any atom is 0.254 e. The van der Waals surface area contributed by atoms with Crippen LogP contribution in [0.25, 0.3) is 0 Å². The summed E-state index contributed by atoms with van der Waals surface area (Å²) in [5, 5.41) is 3.90. The molecule has 0 aliphatic carbocycles. The first-order valence-electron chi connectivity index (χ1n) is 7.33. The van der Waals surface area contributed by atoms with Gasteiger partial charge in [-0.05, 0) is 45.7 Å². The highest BCUT2D eigenvalue weighted by molar-refractivity contribution is 6.39. The summed E-state index contributed by atoms with van der Waals surface area (Å²) in [5.74, 6) is -0.189. The quantitative estimate of drug-likeness (QED) is 0.909. The lowest BCUT2D eigenvalue weighted by molar-refractivity contribution is 0.0802. The van der Waals surface area contributed by atoms with Crippen LogP contribution in [-0.2, 0) is 0 Å². The average molecular weight is 329 g/mol. The molecule has 116 valence electrons. The fourth-order valence-electron chi connectivity index (χ4n) is 2.71. The molecule has 1 aromatic rings. The van der Waals surface area contributed by atoms with Crippen molar-refractivity contribution in [2.24, 2.45) is 0 Å². The minimum atomic E-state index is -0.203. The summed E-state index contributed by atoms with van der Waals surface area (Å²) < 4.78 is 0. The summed E-state index contributed by atoms with van der Waals surface area (Å²) in [7, 11) is 0. The van der Waals surface area contributed by atoms with Gasteiger partial charge in [-0.3, -0.25) is 4.79 Å². The summed E-state index contributed by atoms with van der Waals surface area (Å²) in [5.41, 5.74) is 0.165. The molecular formula is C16H22Cl2N2O. The number of hydrogen-bond donors (Lipinski definition) is 1. The highest BCUT2D eigenvalue weighted by atomic mass is 35.5. The standard InChI is InChI=1S/C16H22Cl2N2O/c1-11(2)20-9-7-16(3,8-10-20)19-15(21)14-12(17)5-4-6-13(14)18/h4-6,11H,7-10H2,1-3H3,(H,19,21). The van der Waals surface area contributed by atoms with E-state index in [1.54, 1.807) is 18.2 Å². The van der Waals surface area contributed by atoms with Crippen LogP contribution in [0.5, 0.6) is 0 Å². The summed E-state index contributed by atoms with van der Waals surface area (Å²) in [6, 6.07) is 5.66. The zero-order valence-electron chi connectivity index (χ0n) is 12.7. The molecule has 0 radical (unpaired) electrons. The van der Waals surface area contributed by atoms with Crippen molar-refractivity contribution in [3.05, 3.63) is 33.8 Å². The molecule has 0 saturated carbocycles. The Kier molecular flexibility index (Phi) is 5.18. The first-order chi connectivity index (χ1) is 9.82. The molecule has 1 N–H and O–H groups in total. The molecule has 5 heteroatoms. The van der Waals surface area contributed by atoms with Gasteiger partial charge in [0.05, 0.1) is 15.6 Å². The largest absolute Gasteiger partial charge is 0.347 e. The first-order valence-corrected chi connectivity index (χ1v) is 8.08. The summed E-state index contributed by atoms with van der Waals surface area (Å²) in [4.78, 5) is 14.9. The number of carbonyl (C=O) groups excluding carboxylic acids is 1. The molecule has 0 spiro atoms. The second-order valence-electron chi connectivity index (χ2n) is 6.24. The van der Waals surface area contributed by atoms with Gasteiger partial charge in [-0.2, -0.15) is 0 Å². The van der Waals surface area contributed by atoms with Crippen molar-refractivity contribution in [3.8, 4) is 0 Å². The number of nitrogens with zero attached hydrogens (tertiary/aromatic N) is 1. The second-order valence-corrected chi connectivity index (χ2v) is 7.06. The van der Waals surface area contributed by atoms with E-state index in [1.807, 2.05) is 0 Å². The zero-order valence-corrected chi connectivity index (χ0v) is 14.3. The minimum Gasteiger partial charge on any atom is -0.347 e. The molecule has 1 saturated heterocycles. The Morgan fingerprint density at radius 3 is 2.24 bits per heavy atom. The number of halogens is 2. The van der Waals surface area contributed by atoms with Gasteiger partial charge in [0.1, 0.15) is 0 Å². The smallest absolute Gasteiger partial charge is 0.254 e. The van der Waals surface area contributed by atoms with Crippen molar-refractivity contribution in [2.75, 3.05) is 13.1 Å². The molecule has 0 atom stereocenters. The molecule has 2 rings (SSSR count). The molecular weight excluding hydrogens is 307 g/mol. The number of carbonyl (C=O) groups is 1. The van der Waals surface area contributed by atoms with Crippen LogP contribution in [0.1, 0.15) is 44.0 Å². The molecule has 1 amide bonds. The molecule has 21 heavy (non-hydrogen) atoms. The molecule has 1 fully saturated rings. The van der Waals surface area contributed by atoms with Gasteiger partial charge in [0.15, 0.2) is 0 Å². The van der Waals surface area contributed by atoms with Crippen LogP contribution in [-0.4, -0.2) is 35.5 Å². The summed E-state index contributed by atoms with van der Waals surface area (Å²) in [6.45, 7) is 8.47. The van der Waals surface area contributed by atoms with Crippen molar-refractivity contribution in [3.63, 3.8) is 0 Å². The number of hydrogen-bond acceptors (Lipinski definition) is 2. The number of amides is 1. The van der Waals surface area contributed by atoms with Gasteiger partial charge in [0.25, 0.3) is 5.91 Å². The van der Waals surface area contributed by atoms with Crippen LogP contribution < -0.4 is 5.32 Å². The molecule has 3 nitrogen and oxygen atoms in total. The van der Waals surface area contributed by atoms with Crippen LogP contribution in [0, 0.1) is 0 Å². The Morgan fingerprint density at radius 1 is 1.24 bits per heavy atom. The first kappa shape index (κ1) is 16.6. The van der Waals surface area contributed by atoms with E-state index in [-0.39, 0.29) is 11.4 Å². The predicted octanol–water partition coefficient (Wildman–Crippen LogP) is 3.99. The topological polar surface area (TPSA) is 32.3 Å². The highest BCUT2D eigenvalue weighted by Gasteiger charge is 2.33. The van der Waals surface area contributed by atoms with Crippen LogP contribution >= 0.6 is 23.2 Å². The van der Waals surface area contributed by atoms with Crippen molar-refractivity contribution >= 4 is 29.1 Å². The lowest BCUT2D eigenvalue weighted by atomic mass is 9.88. The van der Waals surface area contributed by atoms with Gasteiger partial charge in [-0.15, -0.1) is 0 Å². The Labute approximate surface area is 136 Å². The fourth-order valence-corrected chi connectivity index (χ4v) is 3.28. The van der Waals surface area contributed by atoms with Crippen LogP contribution in [0.15, 0.2) is 18.2 Å². The zero-order chi connectivity index (χ0) is 15.6. The summed E-state index contributed by atoms with van der Waals surface area (Å²) in [6.07, 6.45) is 1.86. The Hall–Kier alpha value is -0.770. The molecule has 1 aliphatic rings. The van der Waals surface area contributed by atoms with Crippen LogP contribution in [0.2, 0.25) is 10.0 Å². The van der Waals surface area contributed by atoms with Gasteiger partial charge >= 0.3 is 0 Å². The monoisotopic (exact) mass is 328 g/mol. The third-order valence-electron chi connectivity index (χ3n) is 4.24. The molecule has 0 aromatic heterocycles. The molecule has 0 bridgehead atoms. The number of likely N-dealkylation sites (tertiary alicyclic amines) is 1. The van der Waals surface area contributed by atoms with E-state index in [0.29, 0.717) is 21.7 Å². The molecule has 1 aromatic carbocycles. The number of piperidine rings is 1. The molecule has 0 unspecified atom stereocenters. The van der Waals surface area contributed by atoms with Crippen LogP contribution in [0.3, 0.4) is 0 Å². The lowest BCUT2D eigenvalue weighted by Gasteiger charge is -2.41. The third kappa shape index (κ3) is 3.91. The van der Waals surface area contributed by atoms with Gasteiger partial charge in [0, 0.05) is 24.7 Å².